The lowest BCUT2D eigenvalue weighted by atomic mass is 9.85. The normalized spacial score (nSPS) is 16.3. The lowest BCUT2D eigenvalue weighted by Crippen LogP contribution is -2.62. The standard InChI is InChI=1S/C27H30ClN9O2.C26H27ClN8O3.C25H29ClN8O/c1-34-15-23(30-17-34)21-4-5-29-27(33-21)31-19-12-18-13-22(32-25(18)20(28)14-19)26(39)37-10-8-35(9-11-37)16-24(38)36-6-2-3-7-36;1-33-12-21(29-15-33)19-3-6-28-25(32-19)30-17-9-16-10-20(31-23(16)18(27)11-17)24(37)35-7-4-26(5-8-35)14-38-13-22(36)34(26)2;1-16(2)33-7-4-8-34(10-9-33)24(35)21-12-17-11-18(13-19(26)23(17)30-21)29-25-27-6-5-20(31-25)22-14-32(3)15-28-22/h4-5,12-15,17,32H,2-3,6-11,16H2,1H3,(H,29,31,33);3,6,9-12,15,31H,4-5,7-8,13-14H2,1-2H3,(H,28,30,32);5-6,11-16,30H,4,7-10H2,1-3H3,(H,27,29,31). The van der Waals surface area contributed by atoms with Crippen molar-refractivity contribution < 1.29 is 28.7 Å². The minimum atomic E-state index is -0.341. The lowest BCUT2D eigenvalue weighted by molar-refractivity contribution is -0.158. The molecule has 0 aliphatic carbocycles. The Balaban J connectivity index is 0.000000133. The Kier molecular flexibility index (Phi) is 22.3. The molecular weight excluding hydrogens is 1490 g/mol. The van der Waals surface area contributed by atoms with Crippen molar-refractivity contribution in [1.82, 2.24) is 108 Å². The fraction of sp³-hybridized carbons (Fsp3) is 0.359. The van der Waals surface area contributed by atoms with Crippen molar-refractivity contribution in [2.45, 2.75) is 57.5 Å². The van der Waals surface area contributed by atoms with Crippen LogP contribution in [0.15, 0.2) is 129 Å². The van der Waals surface area contributed by atoms with Gasteiger partial charge in [-0.2, -0.15) is 0 Å². The number of anilines is 6. The summed E-state index contributed by atoms with van der Waals surface area (Å²) in [4.78, 5) is 128. The van der Waals surface area contributed by atoms with Crippen LogP contribution in [-0.2, 0) is 35.5 Å². The molecule has 0 saturated carbocycles. The largest absolute Gasteiger partial charge is 0.369 e. The number of piperidine rings is 1. The first-order valence-electron chi connectivity index (χ1n) is 37.3. The Labute approximate surface area is 660 Å². The van der Waals surface area contributed by atoms with E-state index in [1.165, 1.54) is 0 Å². The first-order chi connectivity index (χ1) is 54.1. The van der Waals surface area contributed by atoms with Gasteiger partial charge in [-0.3, -0.25) is 33.8 Å². The number of benzene rings is 3. The highest BCUT2D eigenvalue weighted by Crippen LogP contribution is 2.36. The predicted octanol–water partition coefficient (Wildman–Crippen LogP) is 10.7. The van der Waals surface area contributed by atoms with Crippen LogP contribution in [0.1, 0.15) is 77.4 Å². The summed E-state index contributed by atoms with van der Waals surface area (Å²) < 4.78 is 11.1. The molecule has 12 aromatic rings. The van der Waals surface area contributed by atoms with E-state index in [9.17, 15) is 24.0 Å². The number of hydrogen-bond donors (Lipinski definition) is 6. The molecule has 1 spiro atoms. The number of piperazine rings is 1. The third kappa shape index (κ3) is 17.1. The van der Waals surface area contributed by atoms with Gasteiger partial charge in [-0.1, -0.05) is 34.8 Å². The van der Waals surface area contributed by atoms with Crippen molar-refractivity contribution in [2.75, 3.05) is 121 Å². The van der Waals surface area contributed by atoms with Gasteiger partial charge in [0, 0.05) is 183 Å². The quantitative estimate of drug-likeness (QED) is 0.0555. The Hall–Kier alpha value is -11.4. The molecule has 0 atom stereocenters. The lowest BCUT2D eigenvalue weighted by Gasteiger charge is -2.49. The molecule has 34 heteroatoms. The number of nitrogens with one attached hydrogen (secondary N) is 6. The number of fused-ring (bicyclic) bond motifs is 3. The number of hydrogen-bond acceptors (Lipinski definition) is 20. The summed E-state index contributed by atoms with van der Waals surface area (Å²) >= 11 is 19.8. The fourth-order valence-corrected chi connectivity index (χ4v) is 15.6. The van der Waals surface area contributed by atoms with Crippen LogP contribution in [0, 0.1) is 0 Å². The molecule has 0 bridgehead atoms. The Morgan fingerprint density at radius 1 is 0.473 bits per heavy atom. The third-order valence-electron chi connectivity index (χ3n) is 21.1. The molecule has 0 radical (unpaired) electrons. The predicted molar refractivity (Wildman–Crippen MR) is 429 cm³/mol. The Morgan fingerprint density at radius 2 is 0.866 bits per heavy atom. The van der Waals surface area contributed by atoms with E-state index in [-0.39, 0.29) is 41.7 Å². The van der Waals surface area contributed by atoms with E-state index in [4.69, 9.17) is 39.5 Å². The number of halogens is 3. The summed E-state index contributed by atoms with van der Waals surface area (Å²) in [6, 6.07) is 22.5. The van der Waals surface area contributed by atoms with Crippen molar-refractivity contribution in [3.63, 3.8) is 0 Å². The second kappa shape index (κ2) is 32.9. The van der Waals surface area contributed by atoms with Crippen LogP contribution in [0.3, 0.4) is 0 Å². The number of imidazole rings is 3. The summed E-state index contributed by atoms with van der Waals surface area (Å²) in [6.45, 7) is 14.1. The summed E-state index contributed by atoms with van der Waals surface area (Å²) in [6.07, 6.45) is 20.4. The van der Waals surface area contributed by atoms with Gasteiger partial charge in [-0.05, 0) is 119 Å². The zero-order valence-electron chi connectivity index (χ0n) is 62.9. The number of rotatable bonds is 15. The highest BCUT2D eigenvalue weighted by atomic mass is 35.5. The second-order valence-electron chi connectivity index (χ2n) is 29.2. The Bertz CT molecular complexity index is 5470. The van der Waals surface area contributed by atoms with Gasteiger partial charge in [0.15, 0.2) is 0 Å². The van der Waals surface area contributed by atoms with Gasteiger partial charge in [0.05, 0.1) is 86.4 Å². The summed E-state index contributed by atoms with van der Waals surface area (Å²) in [5.41, 5.74) is 9.81. The monoisotopic (exact) mass is 1570 g/mol. The van der Waals surface area contributed by atoms with E-state index in [1.54, 1.807) is 72.8 Å². The van der Waals surface area contributed by atoms with Crippen molar-refractivity contribution in [2.24, 2.45) is 21.1 Å². The minimum absolute atomic E-state index is 0.00350. The number of morpholine rings is 1. The van der Waals surface area contributed by atoms with Crippen molar-refractivity contribution >= 4 is 132 Å². The van der Waals surface area contributed by atoms with Crippen LogP contribution in [0.4, 0.5) is 34.9 Å². The second-order valence-corrected chi connectivity index (χ2v) is 30.4. The van der Waals surface area contributed by atoms with E-state index in [0.29, 0.717) is 155 Å². The minimum Gasteiger partial charge on any atom is -0.369 e. The SMILES string of the molecule is CC(C)N1CCCN(C(=O)c2cc3cc(Nc4nccc(-c5cn(C)cn5)n4)cc(Cl)c3[nH]2)CC1.CN1C(=O)COCC12CCN(C(=O)c1cc3cc(Nc4nccc(-c5cn(C)cn5)n4)cc(Cl)c3[nH]1)CC2.Cn1cnc(-c2ccnc(Nc3cc(Cl)c4[nH]c(C(=O)N5CCN(CC(=O)N6CCCC6)CC5)cc4c3)n2)c1. The molecule has 5 saturated heterocycles. The smallest absolute Gasteiger partial charge is 0.270 e. The number of aromatic amines is 3. The summed E-state index contributed by atoms with van der Waals surface area (Å²) in [7, 11) is 7.55. The van der Waals surface area contributed by atoms with Crippen molar-refractivity contribution in [1.29, 1.82) is 0 Å². The van der Waals surface area contributed by atoms with Crippen molar-refractivity contribution in [3.8, 4) is 34.2 Å². The highest BCUT2D eigenvalue weighted by molar-refractivity contribution is 6.36. The number of amides is 5. The van der Waals surface area contributed by atoms with Gasteiger partial charge in [0.2, 0.25) is 29.7 Å². The van der Waals surface area contributed by atoms with E-state index in [2.05, 4.69) is 99.4 Å². The van der Waals surface area contributed by atoms with E-state index in [1.807, 2.05) is 123 Å². The number of carbonyl (C=O) groups excluding carboxylic acids is 5. The first kappa shape index (κ1) is 76.0. The molecule has 14 heterocycles. The molecule has 3 aromatic carbocycles. The molecule has 5 amide bonds. The molecule has 0 unspecified atom stereocenters. The maximum Gasteiger partial charge on any atom is 0.270 e. The number of nitrogens with zero attached hydrogens (tertiary/aromatic N) is 19. The average molecular weight is 1580 g/mol. The number of carbonyl (C=O) groups is 5. The van der Waals surface area contributed by atoms with Gasteiger partial charge in [0.25, 0.3) is 17.7 Å². The third-order valence-corrected chi connectivity index (χ3v) is 22.0. The number of aryl methyl sites for hydroxylation is 3. The maximum absolute atomic E-state index is 13.3. The molecule has 17 rings (SSSR count). The molecule has 31 nitrogen and oxygen atoms in total. The van der Waals surface area contributed by atoms with Gasteiger partial charge in [-0.25, -0.2) is 44.9 Å². The molecule has 5 fully saturated rings. The van der Waals surface area contributed by atoms with Gasteiger partial charge in [0.1, 0.15) is 40.8 Å². The topological polar surface area (TPSA) is 332 Å². The van der Waals surface area contributed by atoms with E-state index >= 15 is 0 Å². The zero-order chi connectivity index (χ0) is 77.9. The number of likely N-dealkylation sites (N-methyl/N-ethyl adjacent to an activating group) is 1. The first-order valence-corrected chi connectivity index (χ1v) is 38.4. The summed E-state index contributed by atoms with van der Waals surface area (Å²) in [5.74, 6) is 1.27. The van der Waals surface area contributed by atoms with Gasteiger partial charge < -0.3 is 73.8 Å². The van der Waals surface area contributed by atoms with Crippen molar-refractivity contribution in [3.05, 3.63) is 161 Å². The van der Waals surface area contributed by atoms with E-state index in [0.717, 1.165) is 109 Å². The average Bonchev–Trinajstić information content (AvgIpc) is 1.76. The highest BCUT2D eigenvalue weighted by Gasteiger charge is 2.44. The summed E-state index contributed by atoms with van der Waals surface area (Å²) in [5, 5.41) is 13.6. The van der Waals surface area contributed by atoms with Gasteiger partial charge in [-0.15, -0.1) is 0 Å². The number of likely N-dealkylation sites (tertiary alicyclic amines) is 2. The molecule has 580 valence electrons. The van der Waals surface area contributed by atoms with Crippen LogP contribution in [0.2, 0.25) is 15.1 Å². The van der Waals surface area contributed by atoms with E-state index < -0.39 is 0 Å². The number of aromatic nitrogens is 15. The molecule has 5 aliphatic rings. The zero-order valence-corrected chi connectivity index (χ0v) is 65.2. The maximum atomic E-state index is 13.3. The fourth-order valence-electron chi connectivity index (χ4n) is 14.8. The molecule has 5 aliphatic heterocycles. The van der Waals surface area contributed by atoms with Crippen LogP contribution >= 0.6 is 34.8 Å². The van der Waals surface area contributed by atoms with Crippen LogP contribution < -0.4 is 16.0 Å². The van der Waals surface area contributed by atoms with Crippen LogP contribution in [0.5, 0.6) is 0 Å². The molecule has 6 N–H and O–H groups in total. The van der Waals surface area contributed by atoms with Crippen LogP contribution in [0.25, 0.3) is 66.9 Å². The van der Waals surface area contributed by atoms with Gasteiger partial charge >= 0.3 is 0 Å². The number of ether oxygens (including phenoxy) is 1. The number of H-pyrrole nitrogens is 3. The molecule has 112 heavy (non-hydrogen) atoms. The Morgan fingerprint density at radius 3 is 1.27 bits per heavy atom. The molecular formula is C78H86Cl3N25O6. The van der Waals surface area contributed by atoms with Crippen LogP contribution in [-0.4, -0.2) is 254 Å². The molecule has 9 aromatic heterocycles.